The van der Waals surface area contributed by atoms with E-state index >= 15 is 0 Å². The number of ether oxygens (including phenoxy) is 1. The Morgan fingerprint density at radius 1 is 1.17 bits per heavy atom. The van der Waals surface area contributed by atoms with Crippen molar-refractivity contribution in [3.05, 3.63) is 59.4 Å². The lowest BCUT2D eigenvalue weighted by atomic mass is 10.0. The van der Waals surface area contributed by atoms with Crippen molar-refractivity contribution in [2.75, 3.05) is 33.8 Å². The molecule has 0 unspecified atom stereocenters. The number of pyridine rings is 1. The molecule has 0 N–H and O–H groups in total. The number of amides is 1. The molecule has 0 saturated carbocycles. The van der Waals surface area contributed by atoms with Gasteiger partial charge in [0, 0.05) is 31.5 Å². The van der Waals surface area contributed by atoms with Crippen molar-refractivity contribution in [1.82, 2.24) is 14.8 Å². The van der Waals surface area contributed by atoms with Crippen LogP contribution in [0.1, 0.15) is 27.7 Å². The van der Waals surface area contributed by atoms with Gasteiger partial charge in [-0.05, 0) is 43.8 Å². The van der Waals surface area contributed by atoms with Gasteiger partial charge in [-0.15, -0.1) is 0 Å². The van der Waals surface area contributed by atoms with Crippen molar-refractivity contribution in [2.45, 2.75) is 13.0 Å². The van der Waals surface area contributed by atoms with Crippen molar-refractivity contribution in [3.8, 4) is 5.75 Å². The number of benzene rings is 1. The smallest absolute Gasteiger partial charge is 0.255 e. The van der Waals surface area contributed by atoms with Gasteiger partial charge in [-0.3, -0.25) is 14.7 Å². The molecule has 0 spiro atoms. The number of carbonyl (C=O) groups excluding carboxylic acids is 1. The molecular formula is C19H23N3O2. The number of aromatic nitrogens is 1. The molecule has 126 valence electrons. The van der Waals surface area contributed by atoms with Crippen molar-refractivity contribution in [1.29, 1.82) is 0 Å². The summed E-state index contributed by atoms with van der Waals surface area (Å²) in [7, 11) is 3.77. The van der Waals surface area contributed by atoms with Crippen LogP contribution in [0.4, 0.5) is 0 Å². The maximum atomic E-state index is 12.7. The maximum absolute atomic E-state index is 12.7. The van der Waals surface area contributed by atoms with Crippen LogP contribution in [-0.4, -0.2) is 54.5 Å². The molecule has 1 fully saturated rings. The van der Waals surface area contributed by atoms with Gasteiger partial charge in [0.2, 0.25) is 0 Å². The molecule has 0 aliphatic carbocycles. The van der Waals surface area contributed by atoms with Crippen molar-refractivity contribution in [2.24, 2.45) is 0 Å². The minimum Gasteiger partial charge on any atom is -0.497 e. The number of likely N-dealkylation sites (N-methyl/N-ethyl adjacent to an activating group) is 1. The average molecular weight is 325 g/mol. The molecular weight excluding hydrogens is 302 g/mol. The number of methoxy groups -OCH3 is 1. The molecule has 1 aromatic heterocycles. The molecule has 1 aliphatic rings. The van der Waals surface area contributed by atoms with Crippen LogP contribution in [0.2, 0.25) is 0 Å². The Balaban J connectivity index is 1.77. The van der Waals surface area contributed by atoms with E-state index in [1.807, 2.05) is 36.1 Å². The zero-order valence-electron chi connectivity index (χ0n) is 14.4. The molecule has 2 aromatic rings. The highest BCUT2D eigenvalue weighted by Crippen LogP contribution is 2.26. The molecule has 2 heterocycles. The third kappa shape index (κ3) is 3.41. The van der Waals surface area contributed by atoms with Crippen LogP contribution in [0, 0.1) is 6.92 Å². The summed E-state index contributed by atoms with van der Waals surface area (Å²) in [5.41, 5.74) is 2.76. The second-order valence-corrected chi connectivity index (χ2v) is 6.21. The van der Waals surface area contributed by atoms with E-state index in [1.54, 1.807) is 13.3 Å². The first kappa shape index (κ1) is 16.5. The lowest BCUT2D eigenvalue weighted by Gasteiger charge is -2.39. The molecule has 24 heavy (non-hydrogen) atoms. The van der Waals surface area contributed by atoms with E-state index in [0.717, 1.165) is 24.5 Å². The first-order valence-electron chi connectivity index (χ1n) is 8.14. The van der Waals surface area contributed by atoms with Gasteiger partial charge >= 0.3 is 0 Å². The first-order valence-corrected chi connectivity index (χ1v) is 8.14. The Labute approximate surface area is 142 Å². The molecule has 1 atom stereocenters. The van der Waals surface area contributed by atoms with Crippen LogP contribution in [0.3, 0.4) is 0 Å². The van der Waals surface area contributed by atoms with Gasteiger partial charge in [0.15, 0.2) is 0 Å². The number of piperazine rings is 1. The Morgan fingerprint density at radius 3 is 2.54 bits per heavy atom. The average Bonchev–Trinajstić information content (AvgIpc) is 2.62. The van der Waals surface area contributed by atoms with Gasteiger partial charge in [0.05, 0.1) is 18.7 Å². The SMILES string of the molecule is COc1ccc([C@@H]2CN(C(=O)c3ccc(C)nc3)CCN2C)cc1. The zero-order chi connectivity index (χ0) is 17.1. The molecule has 5 heteroatoms. The topological polar surface area (TPSA) is 45.7 Å². The standard InChI is InChI=1S/C19H23N3O2/c1-14-4-5-16(12-20-14)19(23)22-11-10-21(2)18(13-22)15-6-8-17(24-3)9-7-15/h4-9,12,18H,10-11,13H2,1-3H3/t18-/m0/s1. The summed E-state index contributed by atoms with van der Waals surface area (Å²) in [5.74, 6) is 0.894. The van der Waals surface area contributed by atoms with Crippen LogP contribution in [0.15, 0.2) is 42.6 Å². The van der Waals surface area contributed by atoms with Gasteiger partial charge in [-0.2, -0.15) is 0 Å². The fourth-order valence-corrected chi connectivity index (χ4v) is 3.02. The van der Waals surface area contributed by atoms with Gasteiger partial charge < -0.3 is 9.64 Å². The fraction of sp³-hybridized carbons (Fsp3) is 0.368. The minimum atomic E-state index is 0.0501. The van der Waals surface area contributed by atoms with E-state index in [2.05, 4.69) is 29.1 Å². The van der Waals surface area contributed by atoms with Crippen LogP contribution < -0.4 is 4.74 Å². The molecule has 3 rings (SSSR count). The Morgan fingerprint density at radius 2 is 1.92 bits per heavy atom. The summed E-state index contributed by atoms with van der Waals surface area (Å²) < 4.78 is 5.23. The van der Waals surface area contributed by atoms with E-state index in [4.69, 9.17) is 4.74 Å². The van der Waals surface area contributed by atoms with E-state index in [1.165, 1.54) is 5.56 Å². The second kappa shape index (κ2) is 7.01. The number of hydrogen-bond acceptors (Lipinski definition) is 4. The van der Waals surface area contributed by atoms with Crippen LogP contribution in [0.25, 0.3) is 0 Å². The summed E-state index contributed by atoms with van der Waals surface area (Å²) in [5, 5.41) is 0. The monoisotopic (exact) mass is 325 g/mol. The summed E-state index contributed by atoms with van der Waals surface area (Å²) in [6.07, 6.45) is 1.67. The number of rotatable bonds is 3. The van der Waals surface area contributed by atoms with E-state index in [0.29, 0.717) is 12.1 Å². The summed E-state index contributed by atoms with van der Waals surface area (Å²) in [6.45, 7) is 4.18. The van der Waals surface area contributed by atoms with Gasteiger partial charge in [-0.25, -0.2) is 0 Å². The summed E-state index contributed by atoms with van der Waals surface area (Å²) in [4.78, 5) is 21.2. The summed E-state index contributed by atoms with van der Waals surface area (Å²) in [6, 6.07) is 12.0. The lowest BCUT2D eigenvalue weighted by molar-refractivity contribution is 0.0545. The molecule has 1 saturated heterocycles. The summed E-state index contributed by atoms with van der Waals surface area (Å²) >= 11 is 0. The lowest BCUT2D eigenvalue weighted by Crippen LogP contribution is -2.49. The van der Waals surface area contributed by atoms with Gasteiger partial charge in [0.25, 0.3) is 5.91 Å². The highest BCUT2D eigenvalue weighted by Gasteiger charge is 2.29. The fourth-order valence-electron chi connectivity index (χ4n) is 3.02. The van der Waals surface area contributed by atoms with Crippen molar-refractivity contribution in [3.63, 3.8) is 0 Å². The Kier molecular flexibility index (Phi) is 4.81. The number of hydrogen-bond donors (Lipinski definition) is 0. The van der Waals surface area contributed by atoms with Gasteiger partial charge in [-0.1, -0.05) is 12.1 Å². The third-order valence-corrected chi connectivity index (χ3v) is 4.59. The first-order chi connectivity index (χ1) is 11.6. The maximum Gasteiger partial charge on any atom is 0.255 e. The quantitative estimate of drug-likeness (QED) is 0.870. The predicted molar refractivity (Wildman–Crippen MR) is 93.2 cm³/mol. The largest absolute Gasteiger partial charge is 0.497 e. The van der Waals surface area contributed by atoms with E-state index in [-0.39, 0.29) is 11.9 Å². The van der Waals surface area contributed by atoms with Crippen LogP contribution in [-0.2, 0) is 0 Å². The highest BCUT2D eigenvalue weighted by atomic mass is 16.5. The van der Waals surface area contributed by atoms with Crippen molar-refractivity contribution < 1.29 is 9.53 Å². The Hall–Kier alpha value is -2.40. The molecule has 0 radical (unpaired) electrons. The highest BCUT2D eigenvalue weighted by molar-refractivity contribution is 5.94. The molecule has 1 amide bonds. The molecule has 1 aliphatic heterocycles. The number of carbonyl (C=O) groups is 1. The predicted octanol–water partition coefficient (Wildman–Crippen LogP) is 2.53. The molecule has 1 aromatic carbocycles. The number of aryl methyl sites for hydroxylation is 1. The van der Waals surface area contributed by atoms with E-state index < -0.39 is 0 Å². The number of nitrogens with zero attached hydrogens (tertiary/aromatic N) is 3. The minimum absolute atomic E-state index is 0.0501. The molecule has 0 bridgehead atoms. The Bertz CT molecular complexity index is 698. The third-order valence-electron chi connectivity index (χ3n) is 4.59. The normalized spacial score (nSPS) is 18.5. The van der Waals surface area contributed by atoms with Crippen molar-refractivity contribution >= 4 is 5.91 Å². The molecule has 5 nitrogen and oxygen atoms in total. The van der Waals surface area contributed by atoms with Crippen LogP contribution >= 0.6 is 0 Å². The van der Waals surface area contributed by atoms with Gasteiger partial charge in [0.1, 0.15) is 5.75 Å². The second-order valence-electron chi connectivity index (χ2n) is 6.21. The van der Waals surface area contributed by atoms with E-state index in [9.17, 15) is 4.79 Å². The zero-order valence-corrected chi connectivity index (χ0v) is 14.4. The van der Waals surface area contributed by atoms with Crippen LogP contribution in [0.5, 0.6) is 5.75 Å².